The first-order valence-corrected chi connectivity index (χ1v) is 7.36. The van der Waals surface area contributed by atoms with Crippen LogP contribution in [0.3, 0.4) is 0 Å². The molecule has 2 aliphatic carbocycles. The largest absolute Gasteiger partial charge is 0.326 e. The minimum Gasteiger partial charge on any atom is -0.326 e. The van der Waals surface area contributed by atoms with Crippen molar-refractivity contribution >= 4 is 11.6 Å². The molecule has 3 heteroatoms. The molecular formula is C16H22N2O. The summed E-state index contributed by atoms with van der Waals surface area (Å²) in [4.78, 5) is 12.2. The summed E-state index contributed by atoms with van der Waals surface area (Å²) in [6.45, 7) is 0. The molecule has 0 bridgehead atoms. The Bertz CT molecular complexity index is 484. The first-order valence-electron chi connectivity index (χ1n) is 7.36. The summed E-state index contributed by atoms with van der Waals surface area (Å²) in [5, 5.41) is 6.36. The first kappa shape index (κ1) is 12.7. The minimum absolute atomic E-state index is 0.172. The van der Waals surface area contributed by atoms with Crippen LogP contribution in [0.15, 0.2) is 18.2 Å². The molecule has 0 aliphatic heterocycles. The smallest absolute Gasteiger partial charge is 0.227 e. The van der Waals surface area contributed by atoms with Gasteiger partial charge in [0.1, 0.15) is 0 Å². The summed E-state index contributed by atoms with van der Waals surface area (Å²) in [7, 11) is 1.98. The number of nitrogens with one attached hydrogen (secondary N) is 2. The van der Waals surface area contributed by atoms with E-state index in [1.807, 2.05) is 13.1 Å². The van der Waals surface area contributed by atoms with Crippen molar-refractivity contribution in [2.75, 3.05) is 12.4 Å². The van der Waals surface area contributed by atoms with Gasteiger partial charge in [-0.05, 0) is 68.8 Å². The predicted octanol–water partition coefficient (Wildman–Crippen LogP) is 2.50. The topological polar surface area (TPSA) is 41.1 Å². The van der Waals surface area contributed by atoms with Gasteiger partial charge in [-0.1, -0.05) is 6.07 Å². The van der Waals surface area contributed by atoms with Crippen molar-refractivity contribution in [2.24, 2.45) is 5.92 Å². The van der Waals surface area contributed by atoms with Crippen molar-refractivity contribution in [3.63, 3.8) is 0 Å². The summed E-state index contributed by atoms with van der Waals surface area (Å²) in [5.41, 5.74) is 3.84. The third-order valence-electron chi connectivity index (χ3n) is 4.58. The molecule has 0 unspecified atom stereocenters. The molecule has 1 fully saturated rings. The van der Waals surface area contributed by atoms with Crippen LogP contribution in [0, 0.1) is 5.92 Å². The second-order valence-electron chi connectivity index (χ2n) is 5.82. The maximum Gasteiger partial charge on any atom is 0.227 e. The zero-order valence-corrected chi connectivity index (χ0v) is 11.5. The number of carbonyl (C=O) groups is 1. The number of carbonyl (C=O) groups excluding carboxylic acids is 1. The SMILES string of the molecule is CN[C@H]1CC[C@H](C(=O)Nc2ccc3c(c2)CCC3)C1. The van der Waals surface area contributed by atoms with E-state index in [0.717, 1.165) is 31.4 Å². The van der Waals surface area contributed by atoms with Gasteiger partial charge in [0.25, 0.3) is 0 Å². The number of hydrogen-bond donors (Lipinski definition) is 2. The Balaban J connectivity index is 1.63. The van der Waals surface area contributed by atoms with Gasteiger partial charge in [0.2, 0.25) is 5.91 Å². The molecule has 2 aliphatic rings. The maximum atomic E-state index is 12.2. The highest BCUT2D eigenvalue weighted by molar-refractivity contribution is 5.92. The van der Waals surface area contributed by atoms with E-state index in [4.69, 9.17) is 0 Å². The number of anilines is 1. The molecule has 2 atom stereocenters. The molecule has 1 aromatic rings. The third kappa shape index (κ3) is 2.66. The van der Waals surface area contributed by atoms with Crippen LogP contribution in [0.5, 0.6) is 0 Å². The number of amides is 1. The lowest BCUT2D eigenvalue weighted by Gasteiger charge is -2.12. The van der Waals surface area contributed by atoms with Gasteiger partial charge in [-0.25, -0.2) is 0 Å². The third-order valence-corrected chi connectivity index (χ3v) is 4.58. The molecule has 0 spiro atoms. The standard InChI is InChI=1S/C16H22N2O/c1-17-14-7-6-13(10-14)16(19)18-15-8-5-11-3-2-4-12(11)9-15/h5,8-9,13-14,17H,2-4,6-7,10H2,1H3,(H,18,19)/t13-,14-/m0/s1. The van der Waals surface area contributed by atoms with E-state index in [1.165, 1.54) is 24.0 Å². The fraction of sp³-hybridized carbons (Fsp3) is 0.562. The quantitative estimate of drug-likeness (QED) is 0.874. The number of aryl methyl sites for hydroxylation is 2. The Hall–Kier alpha value is -1.35. The molecule has 3 rings (SSSR count). The van der Waals surface area contributed by atoms with Crippen molar-refractivity contribution < 1.29 is 4.79 Å². The van der Waals surface area contributed by atoms with E-state index in [0.29, 0.717) is 6.04 Å². The fourth-order valence-electron chi connectivity index (χ4n) is 3.38. The molecule has 0 radical (unpaired) electrons. The van der Waals surface area contributed by atoms with Gasteiger partial charge < -0.3 is 10.6 Å². The van der Waals surface area contributed by atoms with Crippen molar-refractivity contribution in [1.82, 2.24) is 5.32 Å². The molecule has 3 nitrogen and oxygen atoms in total. The molecule has 2 N–H and O–H groups in total. The highest BCUT2D eigenvalue weighted by atomic mass is 16.1. The molecule has 1 amide bonds. The number of benzene rings is 1. The summed E-state index contributed by atoms with van der Waals surface area (Å²) < 4.78 is 0. The van der Waals surface area contributed by atoms with Crippen LogP contribution in [0.4, 0.5) is 5.69 Å². The van der Waals surface area contributed by atoms with Gasteiger partial charge in [0, 0.05) is 17.6 Å². The van der Waals surface area contributed by atoms with Gasteiger partial charge in [-0.3, -0.25) is 4.79 Å². The van der Waals surface area contributed by atoms with Crippen LogP contribution in [-0.4, -0.2) is 19.0 Å². The van der Waals surface area contributed by atoms with E-state index >= 15 is 0 Å². The average molecular weight is 258 g/mol. The van der Waals surface area contributed by atoms with E-state index in [-0.39, 0.29) is 11.8 Å². The summed E-state index contributed by atoms with van der Waals surface area (Å²) >= 11 is 0. The van der Waals surface area contributed by atoms with Gasteiger partial charge in [0.15, 0.2) is 0 Å². The number of fused-ring (bicyclic) bond motifs is 1. The van der Waals surface area contributed by atoms with Gasteiger partial charge in [-0.15, -0.1) is 0 Å². The highest BCUT2D eigenvalue weighted by Crippen LogP contribution is 2.28. The second-order valence-corrected chi connectivity index (χ2v) is 5.82. The van der Waals surface area contributed by atoms with Gasteiger partial charge in [0.05, 0.1) is 0 Å². The van der Waals surface area contributed by atoms with E-state index in [9.17, 15) is 4.79 Å². The monoisotopic (exact) mass is 258 g/mol. The molecule has 0 heterocycles. The van der Waals surface area contributed by atoms with Gasteiger partial charge >= 0.3 is 0 Å². The zero-order chi connectivity index (χ0) is 13.2. The van der Waals surface area contributed by atoms with Gasteiger partial charge in [-0.2, -0.15) is 0 Å². The Morgan fingerprint density at radius 2 is 2.05 bits per heavy atom. The molecular weight excluding hydrogens is 236 g/mol. The minimum atomic E-state index is 0.172. The lowest BCUT2D eigenvalue weighted by molar-refractivity contribution is -0.119. The second kappa shape index (κ2) is 5.33. The van der Waals surface area contributed by atoms with Crippen LogP contribution in [-0.2, 0) is 17.6 Å². The van der Waals surface area contributed by atoms with Crippen molar-refractivity contribution in [3.05, 3.63) is 29.3 Å². The highest BCUT2D eigenvalue weighted by Gasteiger charge is 2.29. The van der Waals surface area contributed by atoms with Crippen LogP contribution in [0.1, 0.15) is 36.8 Å². The van der Waals surface area contributed by atoms with Crippen LogP contribution in [0.2, 0.25) is 0 Å². The van der Waals surface area contributed by atoms with Crippen molar-refractivity contribution in [1.29, 1.82) is 0 Å². The van der Waals surface area contributed by atoms with Crippen molar-refractivity contribution in [3.8, 4) is 0 Å². The zero-order valence-electron chi connectivity index (χ0n) is 11.5. The molecule has 19 heavy (non-hydrogen) atoms. The lowest BCUT2D eigenvalue weighted by atomic mass is 10.1. The molecule has 1 aromatic carbocycles. The number of rotatable bonds is 3. The number of hydrogen-bond acceptors (Lipinski definition) is 2. The normalized spacial score (nSPS) is 25.3. The van der Waals surface area contributed by atoms with E-state index < -0.39 is 0 Å². The summed E-state index contributed by atoms with van der Waals surface area (Å²) in [6.07, 6.45) is 6.67. The molecule has 0 saturated heterocycles. The fourth-order valence-corrected chi connectivity index (χ4v) is 3.38. The molecule has 102 valence electrons. The summed E-state index contributed by atoms with van der Waals surface area (Å²) in [5.74, 6) is 0.362. The van der Waals surface area contributed by atoms with Crippen LogP contribution < -0.4 is 10.6 Å². The Morgan fingerprint density at radius 3 is 2.84 bits per heavy atom. The average Bonchev–Trinajstić information content (AvgIpc) is 3.06. The first-order chi connectivity index (χ1) is 9.26. The Kier molecular flexibility index (Phi) is 3.56. The van der Waals surface area contributed by atoms with E-state index in [1.54, 1.807) is 0 Å². The lowest BCUT2D eigenvalue weighted by Crippen LogP contribution is -2.25. The van der Waals surface area contributed by atoms with E-state index in [2.05, 4.69) is 22.8 Å². The van der Waals surface area contributed by atoms with Crippen LogP contribution in [0.25, 0.3) is 0 Å². The van der Waals surface area contributed by atoms with Crippen molar-refractivity contribution in [2.45, 2.75) is 44.6 Å². The molecule has 0 aromatic heterocycles. The summed E-state index contributed by atoms with van der Waals surface area (Å²) in [6, 6.07) is 6.89. The van der Waals surface area contributed by atoms with Crippen LogP contribution >= 0.6 is 0 Å². The Morgan fingerprint density at radius 1 is 1.21 bits per heavy atom. The molecule has 1 saturated carbocycles. The Labute approximate surface area is 114 Å². The predicted molar refractivity (Wildman–Crippen MR) is 77.3 cm³/mol. The maximum absolute atomic E-state index is 12.2.